The second-order valence-electron chi connectivity index (χ2n) is 5.73. The summed E-state index contributed by atoms with van der Waals surface area (Å²) in [6, 6.07) is 17.3. The van der Waals surface area contributed by atoms with Gasteiger partial charge >= 0.3 is 0 Å². The fraction of sp³-hybridized carbons (Fsp3) is 0.368. The highest BCUT2D eigenvalue weighted by Gasteiger charge is 2.22. The summed E-state index contributed by atoms with van der Waals surface area (Å²) in [5, 5.41) is 3.42. The van der Waals surface area contributed by atoms with E-state index in [0.29, 0.717) is 6.04 Å². The van der Waals surface area contributed by atoms with Gasteiger partial charge < -0.3 is 10.1 Å². The highest BCUT2D eigenvalue weighted by atomic mass is 16.5. The predicted octanol–water partition coefficient (Wildman–Crippen LogP) is 4.42. The smallest absolute Gasteiger partial charge is 0.123 e. The highest BCUT2D eigenvalue weighted by molar-refractivity contribution is 5.43. The number of hydrogen-bond acceptors (Lipinski definition) is 2. The maximum Gasteiger partial charge on any atom is 0.123 e. The van der Waals surface area contributed by atoms with Crippen molar-refractivity contribution in [2.24, 2.45) is 0 Å². The molecule has 21 heavy (non-hydrogen) atoms. The quantitative estimate of drug-likeness (QED) is 0.895. The lowest BCUT2D eigenvalue weighted by atomic mass is 9.87. The van der Waals surface area contributed by atoms with E-state index in [0.717, 1.165) is 12.2 Å². The van der Waals surface area contributed by atoms with Crippen LogP contribution in [-0.2, 0) is 6.42 Å². The largest absolute Gasteiger partial charge is 0.486 e. The van der Waals surface area contributed by atoms with Crippen molar-refractivity contribution < 1.29 is 4.74 Å². The summed E-state index contributed by atoms with van der Waals surface area (Å²) in [7, 11) is 2.04. The Morgan fingerprint density at radius 3 is 2.67 bits per heavy atom. The van der Waals surface area contributed by atoms with Crippen LogP contribution in [0.3, 0.4) is 0 Å². The van der Waals surface area contributed by atoms with Crippen LogP contribution in [0.1, 0.15) is 48.6 Å². The van der Waals surface area contributed by atoms with Crippen molar-refractivity contribution in [3.05, 3.63) is 65.2 Å². The number of nitrogens with one attached hydrogen (secondary N) is 1. The average molecular weight is 281 g/mol. The molecule has 2 unspecified atom stereocenters. The number of fused-ring (bicyclic) bond motifs is 1. The van der Waals surface area contributed by atoms with Gasteiger partial charge in [-0.3, -0.25) is 0 Å². The lowest BCUT2D eigenvalue weighted by Crippen LogP contribution is -2.22. The van der Waals surface area contributed by atoms with Crippen LogP contribution in [0.5, 0.6) is 5.75 Å². The van der Waals surface area contributed by atoms with Gasteiger partial charge in [0.2, 0.25) is 0 Å². The lowest BCUT2D eigenvalue weighted by molar-refractivity contribution is 0.223. The Labute approximate surface area is 127 Å². The molecule has 2 aromatic rings. The number of hydrogen-bond donors (Lipinski definition) is 1. The average Bonchev–Trinajstić information content (AvgIpc) is 2.55. The van der Waals surface area contributed by atoms with Gasteiger partial charge in [0, 0.05) is 6.04 Å². The Kier molecular flexibility index (Phi) is 4.26. The molecule has 2 aromatic carbocycles. The van der Waals surface area contributed by atoms with E-state index in [9.17, 15) is 0 Å². The highest BCUT2D eigenvalue weighted by Crippen LogP contribution is 2.36. The molecule has 1 aliphatic carbocycles. The molecule has 0 fully saturated rings. The zero-order chi connectivity index (χ0) is 14.7. The Morgan fingerprint density at radius 1 is 1.10 bits per heavy atom. The van der Waals surface area contributed by atoms with Crippen LogP contribution >= 0.6 is 0 Å². The van der Waals surface area contributed by atoms with E-state index in [2.05, 4.69) is 54.7 Å². The molecular weight excluding hydrogens is 258 g/mol. The third kappa shape index (κ3) is 2.96. The van der Waals surface area contributed by atoms with Crippen molar-refractivity contribution in [3.63, 3.8) is 0 Å². The van der Waals surface area contributed by atoms with Crippen LogP contribution in [0.4, 0.5) is 0 Å². The summed E-state index contributed by atoms with van der Waals surface area (Å²) in [5.41, 5.74) is 4.00. The molecule has 0 aromatic heterocycles. The molecule has 1 aliphatic rings. The van der Waals surface area contributed by atoms with Crippen LogP contribution in [0.2, 0.25) is 0 Å². The molecule has 0 heterocycles. The monoisotopic (exact) mass is 281 g/mol. The molecule has 0 bridgehead atoms. The molecule has 110 valence electrons. The van der Waals surface area contributed by atoms with Crippen LogP contribution in [-0.4, -0.2) is 7.05 Å². The summed E-state index contributed by atoms with van der Waals surface area (Å²) >= 11 is 0. The first kappa shape index (κ1) is 14.2. The first-order valence-corrected chi connectivity index (χ1v) is 7.80. The first-order valence-electron chi connectivity index (χ1n) is 7.80. The summed E-state index contributed by atoms with van der Waals surface area (Å²) in [4.78, 5) is 0. The second-order valence-corrected chi connectivity index (χ2v) is 5.73. The van der Waals surface area contributed by atoms with Crippen molar-refractivity contribution in [1.29, 1.82) is 0 Å². The van der Waals surface area contributed by atoms with Crippen LogP contribution in [0.25, 0.3) is 0 Å². The Morgan fingerprint density at radius 2 is 1.90 bits per heavy atom. The molecule has 3 rings (SSSR count). The molecule has 0 saturated carbocycles. The van der Waals surface area contributed by atoms with Crippen molar-refractivity contribution in [1.82, 2.24) is 5.32 Å². The van der Waals surface area contributed by atoms with Crippen molar-refractivity contribution >= 4 is 0 Å². The van der Waals surface area contributed by atoms with Crippen LogP contribution in [0.15, 0.2) is 48.5 Å². The minimum Gasteiger partial charge on any atom is -0.486 e. The molecule has 0 radical (unpaired) electrons. The topological polar surface area (TPSA) is 21.3 Å². The zero-order valence-corrected chi connectivity index (χ0v) is 12.8. The van der Waals surface area contributed by atoms with Crippen LogP contribution in [0, 0.1) is 0 Å². The van der Waals surface area contributed by atoms with E-state index in [-0.39, 0.29) is 6.10 Å². The minimum absolute atomic E-state index is 0.0765. The van der Waals surface area contributed by atoms with E-state index in [1.807, 2.05) is 13.1 Å². The molecule has 0 aliphatic heterocycles. The fourth-order valence-electron chi connectivity index (χ4n) is 3.21. The Hall–Kier alpha value is -1.80. The van der Waals surface area contributed by atoms with Gasteiger partial charge in [0.15, 0.2) is 0 Å². The van der Waals surface area contributed by atoms with Gasteiger partial charge in [-0.2, -0.15) is 0 Å². The van der Waals surface area contributed by atoms with E-state index in [1.54, 1.807) is 0 Å². The van der Waals surface area contributed by atoms with Gasteiger partial charge in [-0.1, -0.05) is 42.5 Å². The van der Waals surface area contributed by atoms with E-state index < -0.39 is 0 Å². The lowest BCUT2D eigenvalue weighted by Gasteiger charge is -2.28. The van der Waals surface area contributed by atoms with Gasteiger partial charge in [-0.25, -0.2) is 0 Å². The summed E-state index contributed by atoms with van der Waals surface area (Å²) < 4.78 is 6.26. The molecule has 0 saturated heterocycles. The number of benzene rings is 2. The second kappa shape index (κ2) is 6.31. The molecule has 2 nitrogen and oxygen atoms in total. The van der Waals surface area contributed by atoms with Gasteiger partial charge in [-0.15, -0.1) is 0 Å². The third-order valence-corrected chi connectivity index (χ3v) is 4.39. The Balaban J connectivity index is 1.86. The maximum absolute atomic E-state index is 6.26. The van der Waals surface area contributed by atoms with Gasteiger partial charge in [0.1, 0.15) is 11.9 Å². The summed E-state index contributed by atoms with van der Waals surface area (Å²) in [5.74, 6) is 1.05. The van der Waals surface area contributed by atoms with Gasteiger partial charge in [0.05, 0.1) is 0 Å². The van der Waals surface area contributed by atoms with E-state index >= 15 is 0 Å². The van der Waals surface area contributed by atoms with Gasteiger partial charge in [-0.05, 0) is 56.0 Å². The molecule has 0 spiro atoms. The molecule has 2 heteroatoms. The van der Waals surface area contributed by atoms with Gasteiger partial charge in [0.25, 0.3) is 0 Å². The number of rotatable bonds is 4. The van der Waals surface area contributed by atoms with E-state index in [1.165, 1.54) is 29.5 Å². The molecular formula is C19H23NO. The third-order valence-electron chi connectivity index (χ3n) is 4.39. The maximum atomic E-state index is 6.26. The van der Waals surface area contributed by atoms with Crippen LogP contribution < -0.4 is 10.1 Å². The molecule has 1 N–H and O–H groups in total. The summed E-state index contributed by atoms with van der Waals surface area (Å²) in [6.07, 6.45) is 3.62. The zero-order valence-electron chi connectivity index (χ0n) is 12.8. The number of ether oxygens (including phenoxy) is 1. The molecule has 2 atom stereocenters. The normalized spacial score (nSPS) is 18.9. The fourth-order valence-corrected chi connectivity index (χ4v) is 3.21. The Bertz CT molecular complexity index is 594. The summed E-state index contributed by atoms with van der Waals surface area (Å²) in [6.45, 7) is 2.12. The standard InChI is InChI=1S/C19H23NO/c1-14(15-8-4-3-5-9-15)21-19-13-7-10-16-17(19)11-6-12-18(16)20-2/h3-5,7-10,13-14,18,20H,6,11-12H2,1-2H3. The van der Waals surface area contributed by atoms with Crippen molar-refractivity contribution in [2.75, 3.05) is 7.05 Å². The minimum atomic E-state index is 0.0765. The SMILES string of the molecule is CNC1CCCc2c(OC(C)c3ccccc3)cccc21. The first-order chi connectivity index (χ1) is 10.3. The predicted molar refractivity (Wildman–Crippen MR) is 86.7 cm³/mol. The van der Waals surface area contributed by atoms with Crippen molar-refractivity contribution in [3.8, 4) is 5.75 Å². The molecule has 0 amide bonds. The van der Waals surface area contributed by atoms with E-state index in [4.69, 9.17) is 4.74 Å². The van der Waals surface area contributed by atoms with Crippen molar-refractivity contribution in [2.45, 2.75) is 38.3 Å².